The zero-order chi connectivity index (χ0) is 27.3. The van der Waals surface area contributed by atoms with E-state index in [9.17, 15) is 8.42 Å². The molecule has 1 aliphatic heterocycles. The molecule has 7 nitrogen and oxygen atoms in total. The molecule has 40 heavy (non-hydrogen) atoms. The van der Waals surface area contributed by atoms with Crippen LogP contribution in [0.25, 0.3) is 0 Å². The maximum Gasteiger partial charge on any atom is 0.266 e. The quantitative estimate of drug-likeness (QED) is 0.333. The molecule has 3 aromatic rings. The molecule has 4 aliphatic carbocycles. The summed E-state index contributed by atoms with van der Waals surface area (Å²) in [5.41, 5.74) is 3.14. The van der Waals surface area contributed by atoms with Gasteiger partial charge in [-0.3, -0.25) is 0 Å². The normalized spacial score (nSPS) is 27.6. The Morgan fingerprint density at radius 2 is 1.60 bits per heavy atom. The number of rotatable bonds is 8. The van der Waals surface area contributed by atoms with Gasteiger partial charge >= 0.3 is 0 Å². The Bertz CT molecular complexity index is 1410. The van der Waals surface area contributed by atoms with E-state index in [1.165, 1.54) is 54.2 Å². The smallest absolute Gasteiger partial charge is 0.266 e. The van der Waals surface area contributed by atoms with E-state index >= 15 is 0 Å². The number of methoxy groups -OCH3 is 1. The maximum atomic E-state index is 14.2. The minimum absolute atomic E-state index is 0.124. The molecule has 0 radical (unpaired) electrons. The van der Waals surface area contributed by atoms with Gasteiger partial charge < -0.3 is 14.4 Å². The Labute approximate surface area is 241 Å². The van der Waals surface area contributed by atoms with Crippen molar-refractivity contribution in [1.29, 1.82) is 0 Å². The second-order valence-corrected chi connectivity index (χ2v) is 14.9. The van der Waals surface area contributed by atoms with E-state index in [0.717, 1.165) is 53.5 Å². The number of ether oxygens (including phenoxy) is 2. The fourth-order valence-electron chi connectivity index (χ4n) is 7.98. The minimum Gasteiger partial charge on any atom is -0.497 e. The van der Waals surface area contributed by atoms with Crippen LogP contribution in [-0.4, -0.2) is 46.8 Å². The monoisotopic (exact) mass is 579 g/mol. The number of aromatic nitrogens is 1. The molecule has 5 aliphatic rings. The summed E-state index contributed by atoms with van der Waals surface area (Å²) in [5, 5.41) is 2.71. The van der Waals surface area contributed by atoms with Crippen LogP contribution in [0.4, 0.5) is 10.8 Å². The zero-order valence-corrected chi connectivity index (χ0v) is 24.6. The molecule has 4 bridgehead atoms. The minimum atomic E-state index is -3.85. The van der Waals surface area contributed by atoms with Crippen LogP contribution in [0.1, 0.15) is 49.8 Å². The number of thiazole rings is 1. The van der Waals surface area contributed by atoms with Gasteiger partial charge in [0, 0.05) is 29.6 Å². The van der Waals surface area contributed by atoms with Crippen LogP contribution < -0.4 is 13.9 Å². The van der Waals surface area contributed by atoms with E-state index in [1.807, 2.05) is 36.4 Å². The number of benzene rings is 2. The summed E-state index contributed by atoms with van der Waals surface area (Å²) in [5.74, 6) is 3.16. The SMILES string of the molecule is COc1ccc(CN(c2nc(C34CC5CC(CC(C5)C3)C4)cs2)S(=O)(=O)c2ccc(N3CCOCC3)cc2)cc1. The van der Waals surface area contributed by atoms with Crippen LogP contribution in [0.2, 0.25) is 0 Å². The van der Waals surface area contributed by atoms with Crippen molar-refractivity contribution in [1.82, 2.24) is 4.98 Å². The summed E-state index contributed by atoms with van der Waals surface area (Å²) in [7, 11) is -2.22. The number of anilines is 2. The van der Waals surface area contributed by atoms with Crippen molar-refractivity contribution in [2.24, 2.45) is 17.8 Å². The van der Waals surface area contributed by atoms with E-state index < -0.39 is 10.0 Å². The van der Waals surface area contributed by atoms with Crippen LogP contribution in [0.3, 0.4) is 0 Å². The van der Waals surface area contributed by atoms with Crippen LogP contribution in [0.5, 0.6) is 5.75 Å². The predicted octanol–water partition coefficient (Wildman–Crippen LogP) is 5.85. The Kier molecular flexibility index (Phi) is 6.79. The molecular formula is C31H37N3O4S2. The van der Waals surface area contributed by atoms with Gasteiger partial charge in [-0.1, -0.05) is 12.1 Å². The van der Waals surface area contributed by atoms with Gasteiger partial charge in [-0.15, -0.1) is 11.3 Å². The maximum absolute atomic E-state index is 14.2. The van der Waals surface area contributed by atoms with E-state index in [-0.39, 0.29) is 16.9 Å². The van der Waals surface area contributed by atoms with Crippen molar-refractivity contribution < 1.29 is 17.9 Å². The number of hydrogen-bond donors (Lipinski definition) is 0. The molecule has 4 saturated carbocycles. The molecule has 0 spiro atoms. The molecule has 0 atom stereocenters. The number of hydrogen-bond acceptors (Lipinski definition) is 7. The standard InChI is InChI=1S/C31H37N3O4S2/c1-37-27-6-2-22(3-7-27)20-34(40(35,36)28-8-4-26(5-9-28)33-10-12-38-13-11-33)30-32-29(21-39-30)31-17-23-14-24(18-31)16-25(15-23)19-31/h2-9,21,23-25H,10-20H2,1H3. The largest absolute Gasteiger partial charge is 0.497 e. The molecule has 1 saturated heterocycles. The molecule has 0 N–H and O–H groups in total. The molecule has 9 heteroatoms. The van der Waals surface area contributed by atoms with E-state index in [0.29, 0.717) is 18.3 Å². The second-order valence-electron chi connectivity index (χ2n) is 12.2. The van der Waals surface area contributed by atoms with Crippen LogP contribution in [-0.2, 0) is 26.7 Å². The third kappa shape index (κ3) is 4.80. The van der Waals surface area contributed by atoms with Gasteiger partial charge in [-0.05, 0) is 98.2 Å². The number of sulfonamides is 1. The summed E-state index contributed by atoms with van der Waals surface area (Å²) in [4.78, 5) is 7.64. The molecular weight excluding hydrogens is 542 g/mol. The Balaban J connectivity index is 1.22. The highest BCUT2D eigenvalue weighted by atomic mass is 32.2. The first-order valence-corrected chi connectivity index (χ1v) is 16.8. The van der Waals surface area contributed by atoms with E-state index in [1.54, 1.807) is 19.2 Å². The molecule has 0 unspecified atom stereocenters. The lowest BCUT2D eigenvalue weighted by Crippen LogP contribution is -2.48. The summed E-state index contributed by atoms with van der Waals surface area (Å²) in [6.07, 6.45) is 7.72. The lowest BCUT2D eigenvalue weighted by atomic mass is 9.49. The van der Waals surface area contributed by atoms with Gasteiger partial charge in [-0.2, -0.15) is 0 Å². The van der Waals surface area contributed by atoms with Crippen molar-refractivity contribution in [3.63, 3.8) is 0 Å². The number of nitrogens with zero attached hydrogens (tertiary/aromatic N) is 3. The van der Waals surface area contributed by atoms with E-state index in [2.05, 4.69) is 10.3 Å². The average molecular weight is 580 g/mol. The molecule has 2 heterocycles. The number of morpholine rings is 1. The fraction of sp³-hybridized carbons (Fsp3) is 0.516. The zero-order valence-electron chi connectivity index (χ0n) is 23.0. The first-order valence-electron chi connectivity index (χ1n) is 14.5. The van der Waals surface area contributed by atoms with E-state index in [4.69, 9.17) is 14.5 Å². The lowest BCUT2D eigenvalue weighted by Gasteiger charge is -2.56. The Morgan fingerprint density at radius 3 is 2.20 bits per heavy atom. The highest BCUT2D eigenvalue weighted by Gasteiger charge is 2.52. The summed E-state index contributed by atoms with van der Waals surface area (Å²) < 4.78 is 40.8. The predicted molar refractivity (Wildman–Crippen MR) is 158 cm³/mol. The van der Waals surface area contributed by atoms with Crippen molar-refractivity contribution in [3.05, 3.63) is 65.2 Å². The van der Waals surface area contributed by atoms with Gasteiger partial charge in [-0.25, -0.2) is 17.7 Å². The third-order valence-electron chi connectivity index (χ3n) is 9.57. The Hall–Kier alpha value is -2.62. The highest BCUT2D eigenvalue weighted by Crippen LogP contribution is 2.61. The van der Waals surface area contributed by atoms with Crippen LogP contribution in [0.15, 0.2) is 58.8 Å². The molecule has 212 valence electrons. The molecule has 8 rings (SSSR count). The molecule has 1 aromatic heterocycles. The fourth-order valence-corrected chi connectivity index (χ4v) is 10.6. The lowest BCUT2D eigenvalue weighted by molar-refractivity contribution is -0.00689. The summed E-state index contributed by atoms with van der Waals surface area (Å²) in [6, 6.07) is 14.9. The first-order chi connectivity index (χ1) is 19.4. The van der Waals surface area contributed by atoms with Gasteiger partial charge in [0.25, 0.3) is 10.0 Å². The topological polar surface area (TPSA) is 72.0 Å². The van der Waals surface area contributed by atoms with Gasteiger partial charge in [0.05, 0.1) is 37.5 Å². The van der Waals surface area contributed by atoms with Crippen LogP contribution in [0, 0.1) is 17.8 Å². The van der Waals surface area contributed by atoms with Crippen molar-refractivity contribution >= 4 is 32.2 Å². The van der Waals surface area contributed by atoms with Gasteiger partial charge in [0.2, 0.25) is 0 Å². The first kappa shape index (κ1) is 26.3. The highest BCUT2D eigenvalue weighted by molar-refractivity contribution is 7.93. The average Bonchev–Trinajstić information content (AvgIpc) is 3.47. The third-order valence-corrected chi connectivity index (χ3v) is 12.3. The van der Waals surface area contributed by atoms with Crippen molar-refractivity contribution in [2.75, 3.05) is 42.6 Å². The summed E-state index contributed by atoms with van der Waals surface area (Å²) >= 11 is 1.47. The van der Waals surface area contributed by atoms with Crippen LogP contribution >= 0.6 is 11.3 Å². The van der Waals surface area contributed by atoms with Gasteiger partial charge in [0.15, 0.2) is 5.13 Å². The molecule has 5 fully saturated rings. The molecule has 2 aromatic carbocycles. The summed E-state index contributed by atoms with van der Waals surface area (Å²) in [6.45, 7) is 3.20. The van der Waals surface area contributed by atoms with Crippen molar-refractivity contribution in [2.45, 2.75) is 55.4 Å². The molecule has 0 amide bonds. The van der Waals surface area contributed by atoms with Gasteiger partial charge in [0.1, 0.15) is 5.75 Å². The Morgan fingerprint density at radius 1 is 0.975 bits per heavy atom. The second kappa shape index (κ2) is 10.3. The van der Waals surface area contributed by atoms with Crippen molar-refractivity contribution in [3.8, 4) is 5.75 Å².